The fraction of sp³-hybridized carbons (Fsp3) is 0.294. The maximum absolute atomic E-state index is 13.2. The summed E-state index contributed by atoms with van der Waals surface area (Å²) in [5, 5.41) is 6.26. The smallest absolute Gasteiger partial charge is 0.273 e. The van der Waals surface area contributed by atoms with Gasteiger partial charge in [-0.05, 0) is 49.1 Å². The molecule has 1 fully saturated rings. The monoisotopic (exact) mass is 645 g/mol. The Balaban J connectivity index is 0.956. The van der Waals surface area contributed by atoms with Gasteiger partial charge in [-0.1, -0.05) is 12.1 Å². The molecule has 14 nitrogen and oxygen atoms in total. The molecule has 6 heterocycles. The summed E-state index contributed by atoms with van der Waals surface area (Å²) >= 11 is 0. The normalized spacial score (nSPS) is 14.3. The molecule has 0 atom stereocenters. The zero-order valence-electron chi connectivity index (χ0n) is 26.5. The average Bonchev–Trinajstić information content (AvgIpc) is 3.58. The van der Waals surface area contributed by atoms with Crippen LogP contribution in [0.2, 0.25) is 0 Å². The third-order valence-corrected chi connectivity index (χ3v) is 8.43. The molecule has 0 aliphatic carbocycles. The Bertz CT molecular complexity index is 1920. The van der Waals surface area contributed by atoms with Crippen LogP contribution in [0.25, 0.3) is 11.3 Å². The van der Waals surface area contributed by atoms with Crippen LogP contribution in [0.4, 0.5) is 17.6 Å². The molecule has 14 heteroatoms. The molecule has 2 amide bonds. The van der Waals surface area contributed by atoms with Crippen molar-refractivity contribution >= 4 is 29.4 Å². The Morgan fingerprint density at radius 3 is 2.54 bits per heavy atom. The van der Waals surface area contributed by atoms with Crippen molar-refractivity contribution in [2.24, 2.45) is 0 Å². The Hall–Kier alpha value is -5.92. The number of amides is 2. The van der Waals surface area contributed by atoms with Crippen LogP contribution in [0.3, 0.4) is 0 Å². The minimum Gasteiger partial charge on any atom is -0.497 e. The Labute approximate surface area is 277 Å². The molecule has 0 spiro atoms. The molecule has 2 N–H and O–H groups in total. The number of pyridine rings is 1. The molecule has 2 aliphatic heterocycles. The van der Waals surface area contributed by atoms with Gasteiger partial charge in [-0.15, -0.1) is 0 Å². The van der Waals surface area contributed by atoms with Gasteiger partial charge in [-0.2, -0.15) is 0 Å². The number of hydrogen-bond donors (Lipinski definition) is 2. The van der Waals surface area contributed by atoms with Gasteiger partial charge in [0.25, 0.3) is 11.8 Å². The Kier molecular flexibility index (Phi) is 8.85. The first-order valence-electron chi connectivity index (χ1n) is 15.9. The van der Waals surface area contributed by atoms with E-state index in [2.05, 4.69) is 45.4 Å². The molecular formula is C34H35N11O3. The fourth-order valence-electron chi connectivity index (χ4n) is 5.88. The van der Waals surface area contributed by atoms with Crippen LogP contribution in [0.1, 0.15) is 51.6 Å². The first kappa shape index (κ1) is 30.7. The summed E-state index contributed by atoms with van der Waals surface area (Å²) in [6.07, 6.45) is 12.0. The summed E-state index contributed by atoms with van der Waals surface area (Å²) in [7, 11) is 1.54. The van der Waals surface area contributed by atoms with Gasteiger partial charge >= 0.3 is 0 Å². The predicted molar refractivity (Wildman–Crippen MR) is 178 cm³/mol. The van der Waals surface area contributed by atoms with E-state index in [1.165, 1.54) is 19.3 Å². The second-order valence-electron chi connectivity index (χ2n) is 11.6. The number of ether oxygens (including phenoxy) is 1. The van der Waals surface area contributed by atoms with Crippen LogP contribution >= 0.6 is 0 Å². The largest absolute Gasteiger partial charge is 0.497 e. The third-order valence-electron chi connectivity index (χ3n) is 8.43. The second-order valence-corrected chi connectivity index (χ2v) is 11.6. The molecule has 48 heavy (non-hydrogen) atoms. The Morgan fingerprint density at radius 2 is 1.71 bits per heavy atom. The molecule has 0 radical (unpaired) electrons. The lowest BCUT2D eigenvalue weighted by Crippen LogP contribution is -2.40. The van der Waals surface area contributed by atoms with Gasteiger partial charge in [0, 0.05) is 74.8 Å². The van der Waals surface area contributed by atoms with Crippen LogP contribution in [0.15, 0.2) is 73.4 Å². The van der Waals surface area contributed by atoms with Crippen LogP contribution in [-0.2, 0) is 19.6 Å². The topological polar surface area (TPSA) is 156 Å². The predicted octanol–water partition coefficient (Wildman–Crippen LogP) is 3.85. The zero-order chi connectivity index (χ0) is 32.9. The molecule has 1 saturated heterocycles. The Morgan fingerprint density at radius 1 is 0.875 bits per heavy atom. The van der Waals surface area contributed by atoms with Crippen LogP contribution < -0.4 is 20.3 Å². The van der Waals surface area contributed by atoms with E-state index in [9.17, 15) is 9.59 Å². The molecular weight excluding hydrogens is 610 g/mol. The molecule has 244 valence electrons. The van der Waals surface area contributed by atoms with Crippen LogP contribution in [0, 0.1) is 0 Å². The summed E-state index contributed by atoms with van der Waals surface area (Å²) in [5.74, 6) is 1.94. The van der Waals surface area contributed by atoms with Crippen molar-refractivity contribution in [3.63, 3.8) is 0 Å². The lowest BCUT2D eigenvalue weighted by molar-refractivity contribution is 0.0699. The minimum absolute atomic E-state index is 0.212. The van der Waals surface area contributed by atoms with E-state index in [0.29, 0.717) is 48.5 Å². The standard InChI is InChI=1S/C34H35N11O3/c1-48-26-8-10-35-28(17-26)32(47)44-14-15-45-29(21-37-30(45)22-44)31(46)38-18-23-6-5-7-25(16-23)41-33-36-11-9-27(42-33)24-19-39-34(40-20-24)43-12-3-2-4-13-43/h5-11,16-17,19-21H,2-4,12-15,18,22H2,1H3,(H,38,46)(H,36,41,42). The number of methoxy groups -OCH3 is 1. The highest BCUT2D eigenvalue weighted by atomic mass is 16.5. The second kappa shape index (κ2) is 13.8. The molecule has 0 bridgehead atoms. The summed E-state index contributed by atoms with van der Waals surface area (Å²) in [5.41, 5.74) is 3.96. The van der Waals surface area contributed by atoms with Gasteiger partial charge in [0.1, 0.15) is 23.0 Å². The maximum Gasteiger partial charge on any atom is 0.273 e. The highest BCUT2D eigenvalue weighted by Crippen LogP contribution is 2.22. The van der Waals surface area contributed by atoms with E-state index < -0.39 is 0 Å². The number of aromatic nitrogens is 7. The van der Waals surface area contributed by atoms with E-state index in [1.54, 1.807) is 55.1 Å². The molecule has 0 unspecified atom stereocenters. The third kappa shape index (κ3) is 6.77. The van der Waals surface area contributed by atoms with Crippen molar-refractivity contribution in [2.75, 3.05) is 37.0 Å². The SMILES string of the molecule is COc1ccnc(C(=O)N2CCn3c(C(=O)NCc4cccc(Nc5nccc(-c6cnc(N7CCCCC7)nc6)n5)c4)cnc3C2)c1. The van der Waals surface area contributed by atoms with Crippen molar-refractivity contribution in [3.05, 3.63) is 96.2 Å². The number of hydrogen-bond acceptors (Lipinski definition) is 11. The quantitative estimate of drug-likeness (QED) is 0.240. The number of nitrogens with zero attached hydrogens (tertiary/aromatic N) is 9. The fourth-order valence-corrected chi connectivity index (χ4v) is 5.88. The highest BCUT2D eigenvalue weighted by molar-refractivity contribution is 5.93. The van der Waals surface area contributed by atoms with Gasteiger partial charge in [0.2, 0.25) is 11.9 Å². The van der Waals surface area contributed by atoms with Crippen molar-refractivity contribution in [1.82, 2.24) is 44.7 Å². The first-order valence-corrected chi connectivity index (χ1v) is 15.9. The van der Waals surface area contributed by atoms with Gasteiger partial charge in [-0.25, -0.2) is 24.9 Å². The number of imidazole rings is 1. The van der Waals surface area contributed by atoms with E-state index >= 15 is 0 Å². The van der Waals surface area contributed by atoms with Gasteiger partial charge in [0.15, 0.2) is 0 Å². The number of anilines is 3. The average molecular weight is 646 g/mol. The zero-order valence-corrected chi connectivity index (χ0v) is 26.5. The van der Waals surface area contributed by atoms with Crippen LogP contribution in [-0.4, -0.2) is 77.9 Å². The maximum atomic E-state index is 13.2. The van der Waals surface area contributed by atoms with Crippen molar-refractivity contribution < 1.29 is 14.3 Å². The first-order chi connectivity index (χ1) is 23.5. The summed E-state index contributed by atoms with van der Waals surface area (Å²) in [4.78, 5) is 57.0. The number of rotatable bonds is 9. The number of carbonyl (C=O) groups is 2. The van der Waals surface area contributed by atoms with Crippen molar-refractivity contribution in [1.29, 1.82) is 0 Å². The number of carbonyl (C=O) groups excluding carboxylic acids is 2. The molecule has 1 aromatic carbocycles. The van der Waals surface area contributed by atoms with E-state index in [1.807, 2.05) is 34.9 Å². The lowest BCUT2D eigenvalue weighted by Gasteiger charge is -2.28. The molecule has 2 aliphatic rings. The van der Waals surface area contributed by atoms with E-state index in [4.69, 9.17) is 4.74 Å². The number of fused-ring (bicyclic) bond motifs is 1. The van der Waals surface area contributed by atoms with Gasteiger partial charge in [0.05, 0.1) is 25.5 Å². The molecule has 7 rings (SSSR count). The van der Waals surface area contributed by atoms with Gasteiger partial charge < -0.3 is 29.7 Å². The minimum atomic E-state index is -0.245. The van der Waals surface area contributed by atoms with E-state index in [-0.39, 0.29) is 18.4 Å². The summed E-state index contributed by atoms with van der Waals surface area (Å²) in [6.45, 7) is 3.43. The lowest BCUT2D eigenvalue weighted by atomic mass is 10.1. The number of benzene rings is 1. The summed E-state index contributed by atoms with van der Waals surface area (Å²) < 4.78 is 7.07. The van der Waals surface area contributed by atoms with E-state index in [0.717, 1.165) is 41.5 Å². The molecule has 5 aromatic rings. The molecule has 0 saturated carbocycles. The number of piperidine rings is 1. The van der Waals surface area contributed by atoms with Crippen LogP contribution in [0.5, 0.6) is 5.75 Å². The molecule has 4 aromatic heterocycles. The summed E-state index contributed by atoms with van der Waals surface area (Å²) in [6, 6.07) is 12.8. The highest BCUT2D eigenvalue weighted by Gasteiger charge is 2.27. The number of nitrogens with one attached hydrogen (secondary N) is 2. The van der Waals surface area contributed by atoms with Crippen molar-refractivity contribution in [2.45, 2.75) is 38.9 Å². The van der Waals surface area contributed by atoms with Crippen molar-refractivity contribution in [3.8, 4) is 17.0 Å². The van der Waals surface area contributed by atoms with Gasteiger partial charge in [-0.3, -0.25) is 14.6 Å².